The van der Waals surface area contributed by atoms with Crippen LogP contribution in [0.25, 0.3) is 19.8 Å². The predicted molar refractivity (Wildman–Crippen MR) is 109 cm³/mol. The summed E-state index contributed by atoms with van der Waals surface area (Å²) in [4.78, 5) is 8.33. The third kappa shape index (κ3) is 2.82. The highest BCUT2D eigenvalue weighted by atomic mass is 32.2. The van der Waals surface area contributed by atoms with Crippen LogP contribution < -0.4 is 0 Å². The van der Waals surface area contributed by atoms with Crippen LogP contribution in [0.1, 0.15) is 0 Å². The van der Waals surface area contributed by atoms with Crippen LogP contribution in [0.15, 0.2) is 30.3 Å². The Bertz CT molecular complexity index is 794. The normalized spacial score (nSPS) is 17.0. The van der Waals surface area contributed by atoms with Gasteiger partial charge in [0.2, 0.25) is 0 Å². The molecule has 2 aliphatic rings. The van der Waals surface area contributed by atoms with Gasteiger partial charge in [0.25, 0.3) is 0 Å². The van der Waals surface area contributed by atoms with Gasteiger partial charge in [-0.05, 0) is 0 Å². The maximum absolute atomic E-state index is 4.52. The van der Waals surface area contributed by atoms with Gasteiger partial charge in [-0.15, -0.1) is 79.9 Å². The van der Waals surface area contributed by atoms with Crippen LogP contribution in [0.5, 0.6) is 0 Å². The number of thioether (sulfide) groups is 4. The molecule has 0 aliphatic carbocycles. The zero-order chi connectivity index (χ0) is 15.2. The SMILES string of the molecule is c1sc(-c2nnc(-c3scc4c3SCCS4)s2)c2c1SCCS2. The summed E-state index contributed by atoms with van der Waals surface area (Å²) in [7, 11) is 0. The number of hydrogen-bond acceptors (Lipinski definition) is 9. The van der Waals surface area contributed by atoms with Crippen molar-refractivity contribution >= 4 is 81.1 Å². The molecule has 5 heterocycles. The van der Waals surface area contributed by atoms with Gasteiger partial charge in [-0.3, -0.25) is 0 Å². The van der Waals surface area contributed by atoms with E-state index in [-0.39, 0.29) is 0 Å². The van der Waals surface area contributed by atoms with E-state index in [1.165, 1.54) is 52.3 Å². The van der Waals surface area contributed by atoms with E-state index in [4.69, 9.17) is 0 Å². The molecule has 0 atom stereocenters. The van der Waals surface area contributed by atoms with Crippen LogP contribution in [-0.4, -0.2) is 33.2 Å². The van der Waals surface area contributed by atoms with Crippen LogP contribution in [0.2, 0.25) is 0 Å². The van der Waals surface area contributed by atoms with Gasteiger partial charge < -0.3 is 0 Å². The van der Waals surface area contributed by atoms with E-state index in [0.29, 0.717) is 0 Å². The lowest BCUT2D eigenvalue weighted by molar-refractivity contribution is 1.09. The summed E-state index contributed by atoms with van der Waals surface area (Å²) in [6.45, 7) is 0. The third-order valence-electron chi connectivity index (χ3n) is 3.42. The zero-order valence-corrected chi connectivity index (χ0v) is 17.5. The molecular formula is C14H10N2S7. The number of fused-ring (bicyclic) bond motifs is 2. The maximum atomic E-state index is 4.52. The Kier molecular flexibility index (Phi) is 4.47. The second kappa shape index (κ2) is 6.59. The van der Waals surface area contributed by atoms with Gasteiger partial charge in [-0.1, -0.05) is 11.3 Å². The van der Waals surface area contributed by atoms with Crippen molar-refractivity contribution in [2.75, 3.05) is 23.0 Å². The monoisotopic (exact) mass is 430 g/mol. The first-order valence-corrected chi connectivity index (χ1v) is 13.5. The molecule has 5 rings (SSSR count). The van der Waals surface area contributed by atoms with Gasteiger partial charge in [0.05, 0.1) is 9.75 Å². The van der Waals surface area contributed by atoms with Crippen molar-refractivity contribution in [3.63, 3.8) is 0 Å². The summed E-state index contributed by atoms with van der Waals surface area (Å²) in [6.07, 6.45) is 0. The molecule has 3 aromatic rings. The molecule has 0 saturated carbocycles. The van der Waals surface area contributed by atoms with E-state index in [2.05, 4.69) is 21.0 Å². The molecule has 2 nitrogen and oxygen atoms in total. The largest absolute Gasteiger partial charge is 0.159 e. The topological polar surface area (TPSA) is 25.8 Å². The van der Waals surface area contributed by atoms with Crippen molar-refractivity contribution in [3.05, 3.63) is 10.8 Å². The van der Waals surface area contributed by atoms with E-state index >= 15 is 0 Å². The van der Waals surface area contributed by atoms with Gasteiger partial charge in [-0.25, -0.2) is 0 Å². The first-order chi connectivity index (χ1) is 11.4. The lowest BCUT2D eigenvalue weighted by Crippen LogP contribution is -1.91. The number of rotatable bonds is 2. The minimum absolute atomic E-state index is 1.08. The predicted octanol–water partition coefficient (Wildman–Crippen LogP) is 6.39. The van der Waals surface area contributed by atoms with Gasteiger partial charge in [0.1, 0.15) is 0 Å². The quantitative estimate of drug-likeness (QED) is 0.467. The van der Waals surface area contributed by atoms with Crippen molar-refractivity contribution in [2.24, 2.45) is 0 Å². The van der Waals surface area contributed by atoms with Crippen LogP contribution >= 0.6 is 81.1 Å². The van der Waals surface area contributed by atoms with Gasteiger partial charge >= 0.3 is 0 Å². The Hall–Kier alpha value is 0.360. The molecule has 0 saturated heterocycles. The van der Waals surface area contributed by atoms with Crippen molar-refractivity contribution in [1.82, 2.24) is 10.2 Å². The first kappa shape index (κ1) is 15.6. The standard InChI is InChI=1S/C14H10N2S7/c1-3-19-9-7(17-1)5-21-11(9)13-15-16-14(23-13)12-10-8(6-22-12)18-2-4-20-10/h5-6H,1-4H2. The van der Waals surface area contributed by atoms with E-state index < -0.39 is 0 Å². The maximum Gasteiger partial charge on any atom is 0.159 e. The van der Waals surface area contributed by atoms with Crippen LogP contribution in [0.4, 0.5) is 0 Å². The van der Waals surface area contributed by atoms with Gasteiger partial charge in [0.15, 0.2) is 10.0 Å². The molecule has 0 fully saturated rings. The summed E-state index contributed by atoms with van der Waals surface area (Å²) in [5, 5.41) is 15.8. The van der Waals surface area contributed by atoms with Crippen LogP contribution in [0, 0.1) is 0 Å². The summed E-state index contributed by atoms with van der Waals surface area (Å²) in [5.74, 6) is 4.82. The summed E-state index contributed by atoms with van der Waals surface area (Å²) >= 11 is 13.3. The van der Waals surface area contributed by atoms with Gasteiger partial charge in [-0.2, -0.15) is 0 Å². The molecule has 118 valence electrons. The molecule has 0 spiro atoms. The summed E-state index contributed by atoms with van der Waals surface area (Å²) in [6, 6.07) is 0. The molecule has 0 unspecified atom stereocenters. The molecule has 0 radical (unpaired) electrons. The molecule has 0 bridgehead atoms. The molecule has 0 aromatic carbocycles. The van der Waals surface area contributed by atoms with Gasteiger partial charge in [0, 0.05) is 53.4 Å². The number of thiophene rings is 2. The highest BCUT2D eigenvalue weighted by Gasteiger charge is 2.24. The van der Waals surface area contributed by atoms with Crippen molar-refractivity contribution in [1.29, 1.82) is 0 Å². The van der Waals surface area contributed by atoms with E-state index in [1.807, 2.05) is 69.7 Å². The molecule has 23 heavy (non-hydrogen) atoms. The number of nitrogens with zero attached hydrogens (tertiary/aromatic N) is 2. The van der Waals surface area contributed by atoms with E-state index in [0.717, 1.165) is 10.0 Å². The third-order valence-corrected chi connectivity index (χ3v) is 12.3. The van der Waals surface area contributed by atoms with E-state index in [9.17, 15) is 0 Å². The molecular weight excluding hydrogens is 421 g/mol. The molecule has 0 N–H and O–H groups in total. The number of hydrogen-bond donors (Lipinski definition) is 0. The van der Waals surface area contributed by atoms with Crippen LogP contribution in [0.3, 0.4) is 0 Å². The fourth-order valence-corrected chi connectivity index (χ4v) is 11.2. The fourth-order valence-electron chi connectivity index (χ4n) is 2.43. The highest BCUT2D eigenvalue weighted by Crippen LogP contribution is 2.51. The Balaban J connectivity index is 1.54. The second-order valence-electron chi connectivity index (χ2n) is 4.82. The van der Waals surface area contributed by atoms with Crippen molar-refractivity contribution in [2.45, 2.75) is 19.6 Å². The minimum Gasteiger partial charge on any atom is -0.139 e. The fraction of sp³-hybridized carbons (Fsp3) is 0.286. The highest BCUT2D eigenvalue weighted by molar-refractivity contribution is 8.06. The molecule has 3 aromatic heterocycles. The van der Waals surface area contributed by atoms with E-state index in [1.54, 1.807) is 11.3 Å². The lowest BCUT2D eigenvalue weighted by atomic mass is 10.5. The second-order valence-corrected chi connectivity index (χ2v) is 12.0. The summed E-state index contributed by atoms with van der Waals surface area (Å²) in [5.41, 5.74) is 0. The Morgan fingerprint density at radius 2 is 1.13 bits per heavy atom. The molecule has 2 aliphatic heterocycles. The first-order valence-electron chi connectivity index (χ1n) is 6.98. The lowest BCUT2D eigenvalue weighted by Gasteiger charge is -2.10. The van der Waals surface area contributed by atoms with Crippen molar-refractivity contribution in [3.8, 4) is 19.8 Å². The zero-order valence-electron chi connectivity index (χ0n) is 11.7. The minimum atomic E-state index is 1.08. The van der Waals surface area contributed by atoms with Crippen molar-refractivity contribution < 1.29 is 0 Å². The summed E-state index contributed by atoms with van der Waals surface area (Å²) < 4.78 is 0. The smallest absolute Gasteiger partial charge is 0.139 e. The number of aromatic nitrogens is 2. The Morgan fingerprint density at radius 3 is 1.65 bits per heavy atom. The Morgan fingerprint density at radius 1 is 0.652 bits per heavy atom. The average Bonchev–Trinajstić information content (AvgIpc) is 3.31. The average molecular weight is 431 g/mol. The molecule has 0 amide bonds. The van der Waals surface area contributed by atoms with Crippen LogP contribution in [-0.2, 0) is 0 Å². The molecule has 9 heteroatoms. The Labute approximate surface area is 163 Å².